The highest BCUT2D eigenvalue weighted by Gasteiger charge is 2.12. The molecule has 1 rings (SSSR count). The number of aromatic nitrogens is 1. The summed E-state index contributed by atoms with van der Waals surface area (Å²) in [5.41, 5.74) is 0.924. The molecular weight excluding hydrogens is 192 g/mol. The van der Waals surface area contributed by atoms with E-state index in [0.717, 1.165) is 5.56 Å². The number of carbonyl (C=O) groups is 1. The number of hydrogen-bond donors (Lipinski definition) is 2. The second-order valence-electron chi connectivity index (χ2n) is 3.27. The summed E-state index contributed by atoms with van der Waals surface area (Å²) < 4.78 is 0. The molecule has 0 bridgehead atoms. The minimum Gasteiger partial charge on any atom is -0.396 e. The van der Waals surface area contributed by atoms with Gasteiger partial charge in [0.15, 0.2) is 0 Å². The number of pyridine rings is 1. The van der Waals surface area contributed by atoms with Crippen molar-refractivity contribution < 1.29 is 9.90 Å². The van der Waals surface area contributed by atoms with Crippen molar-refractivity contribution >= 4 is 5.91 Å². The van der Waals surface area contributed by atoms with Crippen molar-refractivity contribution in [3.63, 3.8) is 0 Å². The Labute approximate surface area is 89.3 Å². The summed E-state index contributed by atoms with van der Waals surface area (Å²) in [5.74, 6) is -0.0164. The van der Waals surface area contributed by atoms with Crippen molar-refractivity contribution in [2.75, 3.05) is 6.61 Å². The van der Waals surface area contributed by atoms with Crippen LogP contribution in [-0.4, -0.2) is 22.6 Å². The fourth-order valence-electron chi connectivity index (χ4n) is 1.33. The van der Waals surface area contributed by atoms with E-state index in [4.69, 9.17) is 5.11 Å². The van der Waals surface area contributed by atoms with Gasteiger partial charge in [0.05, 0.1) is 6.04 Å². The van der Waals surface area contributed by atoms with E-state index in [9.17, 15) is 4.79 Å². The van der Waals surface area contributed by atoms with Crippen LogP contribution >= 0.6 is 0 Å². The molecule has 0 aromatic carbocycles. The van der Waals surface area contributed by atoms with E-state index in [-0.39, 0.29) is 18.6 Å². The highest BCUT2D eigenvalue weighted by Crippen LogP contribution is 2.14. The summed E-state index contributed by atoms with van der Waals surface area (Å²) in [6.45, 7) is 1.85. The quantitative estimate of drug-likeness (QED) is 0.759. The lowest BCUT2D eigenvalue weighted by Gasteiger charge is -2.17. The Kier molecular flexibility index (Phi) is 4.77. The molecule has 0 aliphatic rings. The van der Waals surface area contributed by atoms with Crippen molar-refractivity contribution in [3.05, 3.63) is 30.1 Å². The molecule has 82 valence electrons. The van der Waals surface area contributed by atoms with Gasteiger partial charge in [0.1, 0.15) is 0 Å². The monoisotopic (exact) mass is 208 g/mol. The standard InChI is InChI=1S/C11H16N2O2/c1-2-11(15)13-10(5-7-14)9-4-3-6-12-8-9/h3-4,6,8,10,14H,2,5,7H2,1H3,(H,13,15)/t10-/m1/s1. The lowest BCUT2D eigenvalue weighted by Crippen LogP contribution is -2.28. The van der Waals surface area contributed by atoms with E-state index in [1.807, 2.05) is 12.1 Å². The molecule has 0 fully saturated rings. The molecule has 0 spiro atoms. The summed E-state index contributed by atoms with van der Waals surface area (Å²) in [5, 5.41) is 11.8. The SMILES string of the molecule is CCC(=O)N[C@H](CCO)c1cccnc1. The molecule has 0 unspecified atom stereocenters. The Bertz CT molecular complexity index is 301. The summed E-state index contributed by atoms with van der Waals surface area (Å²) in [6, 6.07) is 3.57. The molecule has 4 nitrogen and oxygen atoms in total. The highest BCUT2D eigenvalue weighted by atomic mass is 16.3. The van der Waals surface area contributed by atoms with Crippen LogP contribution in [-0.2, 0) is 4.79 Å². The maximum atomic E-state index is 11.3. The van der Waals surface area contributed by atoms with Crippen LogP contribution in [0, 0.1) is 0 Å². The third-order valence-electron chi connectivity index (χ3n) is 2.16. The number of nitrogens with zero attached hydrogens (tertiary/aromatic N) is 1. The lowest BCUT2D eigenvalue weighted by molar-refractivity contribution is -0.121. The van der Waals surface area contributed by atoms with Crippen molar-refractivity contribution in [3.8, 4) is 0 Å². The maximum Gasteiger partial charge on any atom is 0.220 e. The number of aliphatic hydroxyl groups excluding tert-OH is 1. The van der Waals surface area contributed by atoms with Gasteiger partial charge < -0.3 is 10.4 Å². The smallest absolute Gasteiger partial charge is 0.220 e. The van der Waals surface area contributed by atoms with Crippen LogP contribution in [0.1, 0.15) is 31.4 Å². The number of aliphatic hydroxyl groups is 1. The first-order valence-corrected chi connectivity index (χ1v) is 5.08. The molecule has 0 aliphatic carbocycles. The Morgan fingerprint density at radius 1 is 1.67 bits per heavy atom. The van der Waals surface area contributed by atoms with E-state index < -0.39 is 0 Å². The molecule has 1 aromatic rings. The van der Waals surface area contributed by atoms with Gasteiger partial charge in [-0.3, -0.25) is 9.78 Å². The van der Waals surface area contributed by atoms with Crippen molar-refractivity contribution in [1.29, 1.82) is 0 Å². The van der Waals surface area contributed by atoms with Gasteiger partial charge in [-0.25, -0.2) is 0 Å². The van der Waals surface area contributed by atoms with Gasteiger partial charge in [-0.15, -0.1) is 0 Å². The second-order valence-corrected chi connectivity index (χ2v) is 3.27. The summed E-state index contributed by atoms with van der Waals surface area (Å²) in [6.07, 6.45) is 4.34. The van der Waals surface area contributed by atoms with Gasteiger partial charge in [0.25, 0.3) is 0 Å². The van der Waals surface area contributed by atoms with Gasteiger partial charge in [0.2, 0.25) is 5.91 Å². The fourth-order valence-corrected chi connectivity index (χ4v) is 1.33. The molecular formula is C11H16N2O2. The van der Waals surface area contributed by atoms with E-state index in [1.165, 1.54) is 0 Å². The Morgan fingerprint density at radius 3 is 3.00 bits per heavy atom. The predicted octanol–water partition coefficient (Wildman–Crippen LogP) is 1.03. The summed E-state index contributed by atoms with van der Waals surface area (Å²) in [7, 11) is 0. The summed E-state index contributed by atoms with van der Waals surface area (Å²) >= 11 is 0. The Balaban J connectivity index is 2.70. The maximum absolute atomic E-state index is 11.3. The van der Waals surface area contributed by atoms with Crippen LogP contribution in [0.25, 0.3) is 0 Å². The zero-order valence-corrected chi connectivity index (χ0v) is 8.81. The molecule has 1 heterocycles. The van der Waals surface area contributed by atoms with E-state index in [2.05, 4.69) is 10.3 Å². The third kappa shape index (κ3) is 3.67. The first-order valence-electron chi connectivity index (χ1n) is 5.08. The third-order valence-corrected chi connectivity index (χ3v) is 2.16. The van der Waals surface area contributed by atoms with Gasteiger partial charge in [-0.1, -0.05) is 13.0 Å². The zero-order chi connectivity index (χ0) is 11.1. The Morgan fingerprint density at radius 2 is 2.47 bits per heavy atom. The predicted molar refractivity (Wildman–Crippen MR) is 57.1 cm³/mol. The minimum atomic E-state index is -0.142. The number of hydrogen-bond acceptors (Lipinski definition) is 3. The van der Waals surface area contributed by atoms with Crippen molar-refractivity contribution in [1.82, 2.24) is 10.3 Å². The Hall–Kier alpha value is -1.42. The van der Waals surface area contributed by atoms with Gasteiger partial charge in [-0.05, 0) is 18.1 Å². The molecule has 2 N–H and O–H groups in total. The van der Waals surface area contributed by atoms with Crippen LogP contribution in [0.5, 0.6) is 0 Å². The average Bonchev–Trinajstić information content (AvgIpc) is 2.29. The minimum absolute atomic E-state index is 0.0164. The molecule has 0 radical (unpaired) electrons. The van der Waals surface area contributed by atoms with Crippen LogP contribution < -0.4 is 5.32 Å². The summed E-state index contributed by atoms with van der Waals surface area (Å²) in [4.78, 5) is 15.2. The fraction of sp³-hybridized carbons (Fsp3) is 0.455. The largest absolute Gasteiger partial charge is 0.396 e. The number of rotatable bonds is 5. The molecule has 15 heavy (non-hydrogen) atoms. The zero-order valence-electron chi connectivity index (χ0n) is 8.81. The normalized spacial score (nSPS) is 12.1. The second kappa shape index (κ2) is 6.14. The van der Waals surface area contributed by atoms with Gasteiger partial charge >= 0.3 is 0 Å². The highest BCUT2D eigenvalue weighted by molar-refractivity contribution is 5.76. The van der Waals surface area contributed by atoms with E-state index in [0.29, 0.717) is 12.8 Å². The molecule has 1 atom stereocenters. The van der Waals surface area contributed by atoms with Crippen LogP contribution in [0.4, 0.5) is 0 Å². The van der Waals surface area contributed by atoms with Gasteiger partial charge in [-0.2, -0.15) is 0 Å². The van der Waals surface area contributed by atoms with Crippen molar-refractivity contribution in [2.45, 2.75) is 25.8 Å². The van der Waals surface area contributed by atoms with Crippen LogP contribution in [0.2, 0.25) is 0 Å². The molecule has 1 amide bonds. The lowest BCUT2D eigenvalue weighted by atomic mass is 10.1. The molecule has 0 saturated heterocycles. The number of nitrogens with one attached hydrogen (secondary N) is 1. The molecule has 0 saturated carbocycles. The van der Waals surface area contributed by atoms with Crippen molar-refractivity contribution in [2.24, 2.45) is 0 Å². The van der Waals surface area contributed by atoms with E-state index >= 15 is 0 Å². The van der Waals surface area contributed by atoms with Crippen LogP contribution in [0.3, 0.4) is 0 Å². The van der Waals surface area contributed by atoms with E-state index in [1.54, 1.807) is 19.3 Å². The van der Waals surface area contributed by atoms with Gasteiger partial charge in [0, 0.05) is 25.4 Å². The first kappa shape index (κ1) is 11.7. The average molecular weight is 208 g/mol. The number of amides is 1. The number of carbonyl (C=O) groups excluding carboxylic acids is 1. The molecule has 0 aliphatic heterocycles. The topological polar surface area (TPSA) is 62.2 Å². The molecule has 4 heteroatoms. The first-order chi connectivity index (χ1) is 7.27. The van der Waals surface area contributed by atoms with Crippen LogP contribution in [0.15, 0.2) is 24.5 Å². The molecule has 1 aromatic heterocycles.